The van der Waals surface area contributed by atoms with Crippen LogP contribution in [0.1, 0.15) is 32.0 Å². The number of rotatable bonds is 5. The molecule has 0 aliphatic carbocycles. The lowest BCUT2D eigenvalue weighted by Gasteiger charge is -2.36. The lowest BCUT2D eigenvalue weighted by atomic mass is 9.84. The highest BCUT2D eigenvalue weighted by Gasteiger charge is 2.47. The number of nitro groups is 1. The van der Waals surface area contributed by atoms with Crippen LogP contribution in [0.15, 0.2) is 24.7 Å². The van der Waals surface area contributed by atoms with Gasteiger partial charge in [0.15, 0.2) is 0 Å². The van der Waals surface area contributed by atoms with E-state index in [-0.39, 0.29) is 10.6 Å². The molecule has 0 spiro atoms. The van der Waals surface area contributed by atoms with Gasteiger partial charge in [0.05, 0.1) is 22.5 Å². The second kappa shape index (κ2) is 7.00. The first-order chi connectivity index (χ1) is 13.7. The van der Waals surface area contributed by atoms with Crippen LogP contribution in [0.2, 0.25) is 0 Å². The normalized spacial score (nSPS) is 22.4. The molecule has 1 saturated heterocycles. The Bertz CT molecular complexity index is 900. The Morgan fingerprint density at radius 1 is 1.34 bits per heavy atom. The van der Waals surface area contributed by atoms with Gasteiger partial charge in [0.1, 0.15) is 17.0 Å². The van der Waals surface area contributed by atoms with E-state index in [2.05, 4.69) is 14.9 Å². The number of nitrogens with zero attached hydrogens (tertiary/aromatic N) is 4. The van der Waals surface area contributed by atoms with E-state index in [1.165, 1.54) is 0 Å². The fourth-order valence-corrected chi connectivity index (χ4v) is 3.97. The van der Waals surface area contributed by atoms with Gasteiger partial charge in [-0.15, -0.1) is 0 Å². The molecule has 2 aliphatic rings. The van der Waals surface area contributed by atoms with Crippen molar-refractivity contribution in [2.24, 2.45) is 0 Å². The maximum Gasteiger partial charge on any atom is 0.293 e. The maximum absolute atomic E-state index is 11.8. The summed E-state index contributed by atoms with van der Waals surface area (Å²) in [5.74, 6) is 0.620. The van der Waals surface area contributed by atoms with Crippen molar-refractivity contribution < 1.29 is 14.8 Å². The minimum Gasteiger partial charge on any atom is -0.484 e. The van der Waals surface area contributed by atoms with Crippen molar-refractivity contribution in [2.75, 3.05) is 31.1 Å². The van der Waals surface area contributed by atoms with Crippen molar-refractivity contribution in [2.45, 2.75) is 44.9 Å². The smallest absolute Gasteiger partial charge is 0.293 e. The van der Waals surface area contributed by atoms with Crippen molar-refractivity contribution in [3.8, 4) is 5.75 Å². The number of hydrogen-bond acceptors (Lipinski definition) is 7. The van der Waals surface area contributed by atoms with Crippen LogP contribution in [0.5, 0.6) is 5.75 Å². The number of aromatic nitrogens is 2. The summed E-state index contributed by atoms with van der Waals surface area (Å²) in [6, 6.07) is 3.38. The number of hydrogen-bond donors (Lipinski definition) is 2. The molecule has 0 bridgehead atoms. The van der Waals surface area contributed by atoms with Crippen LogP contribution >= 0.6 is 0 Å². The summed E-state index contributed by atoms with van der Waals surface area (Å²) in [4.78, 5) is 23.0. The summed E-state index contributed by atoms with van der Waals surface area (Å²) in [5, 5.41) is 22.3. The largest absolute Gasteiger partial charge is 0.484 e. The number of anilines is 1. The summed E-state index contributed by atoms with van der Waals surface area (Å²) in [6.07, 6.45) is 3.99. The van der Waals surface area contributed by atoms with E-state index in [1.54, 1.807) is 32.3 Å². The number of H-pyrrole nitrogens is 1. The monoisotopic (exact) mass is 401 g/mol. The predicted molar refractivity (Wildman–Crippen MR) is 108 cm³/mol. The minimum absolute atomic E-state index is 0.0908. The fraction of sp³-hybridized carbons (Fsp3) is 0.550. The molecule has 1 aromatic carbocycles. The quantitative estimate of drug-likeness (QED) is 0.583. The first-order valence-corrected chi connectivity index (χ1v) is 9.84. The standard InChI is InChI=1S/C20H27N5O4/c1-19(2,26)20(3)10-14-8-17(25(27)28)16(9-18(14)29-20)24-6-4-23(5-7-24)12-15-11-21-13-22-15/h8-9,11,13,26H,4-7,10,12H2,1-3H3,(H,21,22). The first kappa shape index (κ1) is 19.7. The Morgan fingerprint density at radius 3 is 2.66 bits per heavy atom. The van der Waals surface area contributed by atoms with Crippen molar-refractivity contribution in [1.82, 2.24) is 14.9 Å². The lowest BCUT2D eigenvalue weighted by Crippen LogP contribution is -2.51. The number of aromatic amines is 1. The molecule has 156 valence electrons. The Kier molecular flexibility index (Phi) is 4.74. The molecule has 1 atom stereocenters. The van der Waals surface area contributed by atoms with Crippen LogP contribution < -0.4 is 9.64 Å². The summed E-state index contributed by atoms with van der Waals surface area (Å²) in [5.41, 5.74) is 0.535. The molecule has 2 aromatic rings. The summed E-state index contributed by atoms with van der Waals surface area (Å²) in [6.45, 7) is 8.97. The molecule has 1 fully saturated rings. The van der Waals surface area contributed by atoms with E-state index in [1.807, 2.05) is 18.0 Å². The van der Waals surface area contributed by atoms with E-state index < -0.39 is 11.2 Å². The zero-order chi connectivity index (χ0) is 20.8. The fourth-order valence-electron chi connectivity index (χ4n) is 3.97. The third-order valence-electron chi connectivity index (χ3n) is 6.17. The van der Waals surface area contributed by atoms with Crippen molar-refractivity contribution in [3.63, 3.8) is 0 Å². The molecule has 9 nitrogen and oxygen atoms in total. The lowest BCUT2D eigenvalue weighted by molar-refractivity contribution is -0.384. The van der Waals surface area contributed by atoms with E-state index >= 15 is 0 Å². The number of benzene rings is 1. The Morgan fingerprint density at radius 2 is 2.07 bits per heavy atom. The van der Waals surface area contributed by atoms with Gasteiger partial charge in [-0.3, -0.25) is 15.0 Å². The van der Waals surface area contributed by atoms with Gasteiger partial charge in [-0.1, -0.05) is 0 Å². The molecule has 9 heteroatoms. The second-order valence-electron chi connectivity index (χ2n) is 8.60. The van der Waals surface area contributed by atoms with E-state index in [9.17, 15) is 15.2 Å². The van der Waals surface area contributed by atoms with Crippen molar-refractivity contribution in [1.29, 1.82) is 0 Å². The molecule has 2 aliphatic heterocycles. The molecule has 0 saturated carbocycles. The average Bonchev–Trinajstić information content (AvgIpc) is 3.27. The topological polar surface area (TPSA) is 108 Å². The third kappa shape index (κ3) is 3.67. The van der Waals surface area contributed by atoms with Crippen LogP contribution in [-0.2, 0) is 13.0 Å². The number of aliphatic hydroxyl groups is 1. The number of nitro benzene ring substituents is 1. The molecule has 1 aromatic heterocycles. The molecular formula is C20H27N5O4. The Labute approximate surface area is 169 Å². The van der Waals surface area contributed by atoms with Gasteiger partial charge in [0.25, 0.3) is 5.69 Å². The van der Waals surface area contributed by atoms with Crippen LogP contribution in [0.25, 0.3) is 0 Å². The third-order valence-corrected chi connectivity index (χ3v) is 6.17. The highest BCUT2D eigenvalue weighted by Crippen LogP contribution is 2.45. The van der Waals surface area contributed by atoms with Gasteiger partial charge in [0.2, 0.25) is 0 Å². The summed E-state index contributed by atoms with van der Waals surface area (Å²) >= 11 is 0. The molecular weight excluding hydrogens is 374 g/mol. The molecule has 0 radical (unpaired) electrons. The van der Waals surface area contributed by atoms with Crippen LogP contribution in [0.3, 0.4) is 0 Å². The second-order valence-corrected chi connectivity index (χ2v) is 8.60. The van der Waals surface area contributed by atoms with Gasteiger partial charge in [0, 0.05) is 63.0 Å². The molecule has 3 heterocycles. The van der Waals surface area contributed by atoms with Gasteiger partial charge in [-0.05, 0) is 20.8 Å². The SMILES string of the molecule is CC(C)(O)C1(C)Cc2cc([N+](=O)[O-])c(N3CCN(Cc4c[nH]cn4)CC3)cc2O1. The van der Waals surface area contributed by atoms with Gasteiger partial charge in [-0.25, -0.2) is 4.98 Å². The van der Waals surface area contributed by atoms with E-state index in [0.29, 0.717) is 30.9 Å². The number of ether oxygens (including phenoxy) is 1. The highest BCUT2D eigenvalue weighted by atomic mass is 16.6. The molecule has 0 amide bonds. The zero-order valence-corrected chi connectivity index (χ0v) is 17.0. The molecule has 4 rings (SSSR count). The van der Waals surface area contributed by atoms with Crippen molar-refractivity contribution >= 4 is 11.4 Å². The predicted octanol–water partition coefficient (Wildman–Crippen LogP) is 2.10. The van der Waals surface area contributed by atoms with Gasteiger partial charge in [-0.2, -0.15) is 0 Å². The van der Waals surface area contributed by atoms with Gasteiger partial charge >= 0.3 is 0 Å². The number of fused-ring (bicyclic) bond motifs is 1. The van der Waals surface area contributed by atoms with E-state index in [0.717, 1.165) is 30.9 Å². The number of imidazole rings is 1. The van der Waals surface area contributed by atoms with Crippen LogP contribution in [0, 0.1) is 10.1 Å². The van der Waals surface area contributed by atoms with Crippen LogP contribution in [-0.4, -0.2) is 62.3 Å². The maximum atomic E-state index is 11.8. The number of nitrogens with one attached hydrogen (secondary N) is 1. The summed E-state index contributed by atoms with van der Waals surface area (Å²) in [7, 11) is 0. The first-order valence-electron chi connectivity index (χ1n) is 9.84. The summed E-state index contributed by atoms with van der Waals surface area (Å²) < 4.78 is 6.09. The van der Waals surface area contributed by atoms with Crippen molar-refractivity contribution in [3.05, 3.63) is 46.0 Å². The zero-order valence-electron chi connectivity index (χ0n) is 17.0. The average molecular weight is 401 g/mol. The Hall–Kier alpha value is -2.65. The van der Waals surface area contributed by atoms with E-state index in [4.69, 9.17) is 4.74 Å². The molecule has 1 unspecified atom stereocenters. The molecule has 29 heavy (non-hydrogen) atoms. The number of piperazine rings is 1. The Balaban J connectivity index is 1.54. The van der Waals surface area contributed by atoms with Crippen LogP contribution in [0.4, 0.5) is 11.4 Å². The molecule has 2 N–H and O–H groups in total. The minimum atomic E-state index is -1.07. The highest BCUT2D eigenvalue weighted by molar-refractivity contribution is 5.69. The van der Waals surface area contributed by atoms with Gasteiger partial charge < -0.3 is 19.7 Å².